The van der Waals surface area contributed by atoms with Crippen molar-refractivity contribution < 1.29 is 13.9 Å². The van der Waals surface area contributed by atoms with Gasteiger partial charge in [0.15, 0.2) is 0 Å². The molecule has 0 spiro atoms. The zero-order chi connectivity index (χ0) is 11.8. The van der Waals surface area contributed by atoms with Crippen LogP contribution < -0.4 is 0 Å². The van der Waals surface area contributed by atoms with Gasteiger partial charge in [-0.3, -0.25) is 0 Å². The first kappa shape index (κ1) is 10.8. The Morgan fingerprint density at radius 2 is 2.12 bits per heavy atom. The minimum Gasteiger partial charge on any atom is -0.461 e. The molecule has 1 fully saturated rings. The molecule has 0 aliphatic heterocycles. The lowest BCUT2D eigenvalue weighted by Gasteiger charge is -2.23. The molecule has 2 aromatic rings. The molecule has 1 aromatic heterocycles. The summed E-state index contributed by atoms with van der Waals surface area (Å²) in [5.74, 6) is 0.909. The second kappa shape index (κ2) is 4.15. The van der Waals surface area contributed by atoms with Crippen molar-refractivity contribution in [3.8, 4) is 0 Å². The molecule has 2 nitrogen and oxygen atoms in total. The summed E-state index contributed by atoms with van der Waals surface area (Å²) >= 11 is 0. The van der Waals surface area contributed by atoms with E-state index in [0.29, 0.717) is 0 Å². The summed E-state index contributed by atoms with van der Waals surface area (Å²) in [5.41, 5.74) is 0.724. The molecule has 3 rings (SSSR count). The molecule has 2 unspecified atom stereocenters. The summed E-state index contributed by atoms with van der Waals surface area (Å²) in [6.07, 6.45) is 3.48. The van der Waals surface area contributed by atoms with Gasteiger partial charge in [-0.2, -0.15) is 0 Å². The van der Waals surface area contributed by atoms with Crippen molar-refractivity contribution >= 4 is 11.0 Å². The Labute approximate surface area is 99.1 Å². The van der Waals surface area contributed by atoms with E-state index in [0.717, 1.165) is 42.4 Å². The molecular weight excluding hydrogens is 219 g/mol. The van der Waals surface area contributed by atoms with E-state index < -0.39 is 0 Å². The fourth-order valence-corrected chi connectivity index (χ4v) is 2.66. The van der Waals surface area contributed by atoms with Gasteiger partial charge in [0.25, 0.3) is 0 Å². The predicted molar refractivity (Wildman–Crippen MR) is 63.4 cm³/mol. The van der Waals surface area contributed by atoms with E-state index in [2.05, 4.69) is 0 Å². The fraction of sp³-hybridized carbons (Fsp3) is 0.429. The lowest BCUT2D eigenvalue weighted by molar-refractivity contribution is 0.115. The van der Waals surface area contributed by atoms with Crippen molar-refractivity contribution in [3.05, 3.63) is 35.8 Å². The number of fused-ring (bicyclic) bond motifs is 1. The Bertz CT molecular complexity index is 532. The number of furan rings is 1. The standard InChI is InChI=1S/C14H15FO2/c15-11-4-5-13-10(6-11)8-14(17-13)9-2-1-3-12(16)7-9/h4-6,8-9,12,16H,1-3,7H2. The van der Waals surface area contributed by atoms with Crippen LogP contribution in [0.5, 0.6) is 0 Å². The van der Waals surface area contributed by atoms with Gasteiger partial charge in [0.1, 0.15) is 17.2 Å². The molecule has 2 atom stereocenters. The number of halogens is 1. The largest absolute Gasteiger partial charge is 0.461 e. The zero-order valence-corrected chi connectivity index (χ0v) is 9.53. The molecule has 0 bridgehead atoms. The van der Waals surface area contributed by atoms with Crippen LogP contribution in [0.15, 0.2) is 28.7 Å². The molecule has 0 amide bonds. The Morgan fingerprint density at radius 3 is 2.94 bits per heavy atom. The van der Waals surface area contributed by atoms with E-state index in [9.17, 15) is 9.50 Å². The van der Waals surface area contributed by atoms with Crippen LogP contribution >= 0.6 is 0 Å². The number of aliphatic hydroxyl groups is 1. The second-order valence-corrected chi connectivity index (χ2v) is 4.85. The van der Waals surface area contributed by atoms with Crippen LogP contribution in [0.25, 0.3) is 11.0 Å². The molecule has 0 radical (unpaired) electrons. The molecule has 0 saturated heterocycles. The number of benzene rings is 1. The van der Waals surface area contributed by atoms with Crippen LogP contribution in [0, 0.1) is 5.82 Å². The van der Waals surface area contributed by atoms with Crippen molar-refractivity contribution in [2.75, 3.05) is 0 Å². The van der Waals surface area contributed by atoms with Gasteiger partial charge in [0.05, 0.1) is 6.10 Å². The zero-order valence-electron chi connectivity index (χ0n) is 9.53. The van der Waals surface area contributed by atoms with Crippen LogP contribution in [0.2, 0.25) is 0 Å². The molecule has 90 valence electrons. The lowest BCUT2D eigenvalue weighted by atomic mass is 9.86. The van der Waals surface area contributed by atoms with Crippen molar-refractivity contribution in [1.29, 1.82) is 0 Å². The van der Waals surface area contributed by atoms with E-state index in [1.165, 1.54) is 12.1 Å². The average Bonchev–Trinajstić information content (AvgIpc) is 2.72. The normalized spacial score (nSPS) is 25.3. The van der Waals surface area contributed by atoms with Gasteiger partial charge in [-0.15, -0.1) is 0 Å². The van der Waals surface area contributed by atoms with E-state index in [1.54, 1.807) is 6.07 Å². The van der Waals surface area contributed by atoms with Crippen molar-refractivity contribution in [3.63, 3.8) is 0 Å². The lowest BCUT2D eigenvalue weighted by Crippen LogP contribution is -2.17. The average molecular weight is 234 g/mol. The molecule has 1 N–H and O–H groups in total. The predicted octanol–water partition coefficient (Wildman–Crippen LogP) is 3.59. The smallest absolute Gasteiger partial charge is 0.134 e. The van der Waals surface area contributed by atoms with E-state index in [-0.39, 0.29) is 17.8 Å². The number of rotatable bonds is 1. The fourth-order valence-electron chi connectivity index (χ4n) is 2.66. The van der Waals surface area contributed by atoms with Crippen LogP contribution in [0.1, 0.15) is 37.4 Å². The highest BCUT2D eigenvalue weighted by Crippen LogP contribution is 2.35. The van der Waals surface area contributed by atoms with E-state index in [1.807, 2.05) is 6.07 Å². The van der Waals surface area contributed by atoms with E-state index in [4.69, 9.17) is 4.42 Å². The highest BCUT2D eigenvalue weighted by Gasteiger charge is 2.24. The second-order valence-electron chi connectivity index (χ2n) is 4.85. The third-order valence-electron chi connectivity index (χ3n) is 3.55. The Hall–Kier alpha value is -1.35. The molecule has 1 heterocycles. The summed E-state index contributed by atoms with van der Waals surface area (Å²) in [6.45, 7) is 0. The van der Waals surface area contributed by atoms with Gasteiger partial charge in [-0.25, -0.2) is 4.39 Å². The number of aliphatic hydroxyl groups excluding tert-OH is 1. The summed E-state index contributed by atoms with van der Waals surface area (Å²) in [4.78, 5) is 0. The summed E-state index contributed by atoms with van der Waals surface area (Å²) < 4.78 is 18.8. The van der Waals surface area contributed by atoms with Gasteiger partial charge >= 0.3 is 0 Å². The highest BCUT2D eigenvalue weighted by molar-refractivity contribution is 5.78. The van der Waals surface area contributed by atoms with Gasteiger partial charge in [0.2, 0.25) is 0 Å². The molecule has 17 heavy (non-hydrogen) atoms. The van der Waals surface area contributed by atoms with Gasteiger partial charge in [-0.1, -0.05) is 6.42 Å². The van der Waals surface area contributed by atoms with Gasteiger partial charge in [0, 0.05) is 11.3 Å². The molecule has 1 aliphatic rings. The monoisotopic (exact) mass is 234 g/mol. The molecule has 3 heteroatoms. The number of hydrogen-bond donors (Lipinski definition) is 1. The third kappa shape index (κ3) is 2.07. The van der Waals surface area contributed by atoms with Crippen LogP contribution in [-0.2, 0) is 0 Å². The topological polar surface area (TPSA) is 33.4 Å². The molecule has 1 aliphatic carbocycles. The Morgan fingerprint density at radius 1 is 1.24 bits per heavy atom. The SMILES string of the molecule is OC1CCCC(c2cc3cc(F)ccc3o2)C1. The maximum atomic E-state index is 13.1. The van der Waals surface area contributed by atoms with Crippen molar-refractivity contribution in [2.45, 2.75) is 37.7 Å². The Balaban J connectivity index is 1.94. The van der Waals surface area contributed by atoms with Crippen molar-refractivity contribution in [2.24, 2.45) is 0 Å². The number of hydrogen-bond acceptors (Lipinski definition) is 2. The van der Waals surface area contributed by atoms with Crippen LogP contribution in [0.3, 0.4) is 0 Å². The van der Waals surface area contributed by atoms with E-state index >= 15 is 0 Å². The summed E-state index contributed by atoms with van der Waals surface area (Å²) in [6, 6.07) is 6.46. The molecule has 1 aromatic carbocycles. The highest BCUT2D eigenvalue weighted by atomic mass is 19.1. The summed E-state index contributed by atoms with van der Waals surface area (Å²) in [5, 5.41) is 10.5. The van der Waals surface area contributed by atoms with Gasteiger partial charge in [-0.05, 0) is 43.5 Å². The van der Waals surface area contributed by atoms with Crippen molar-refractivity contribution in [1.82, 2.24) is 0 Å². The minimum absolute atomic E-state index is 0.223. The maximum absolute atomic E-state index is 13.1. The Kier molecular flexibility index (Phi) is 2.63. The summed E-state index contributed by atoms with van der Waals surface area (Å²) in [7, 11) is 0. The maximum Gasteiger partial charge on any atom is 0.134 e. The first-order valence-corrected chi connectivity index (χ1v) is 6.09. The first-order valence-electron chi connectivity index (χ1n) is 6.09. The molecule has 1 saturated carbocycles. The quantitative estimate of drug-likeness (QED) is 0.818. The van der Waals surface area contributed by atoms with Crippen LogP contribution in [-0.4, -0.2) is 11.2 Å². The van der Waals surface area contributed by atoms with Gasteiger partial charge < -0.3 is 9.52 Å². The molecular formula is C14H15FO2. The minimum atomic E-state index is -0.242. The van der Waals surface area contributed by atoms with Crippen LogP contribution in [0.4, 0.5) is 4.39 Å². The third-order valence-corrected chi connectivity index (χ3v) is 3.55. The first-order chi connectivity index (χ1) is 8.22.